The van der Waals surface area contributed by atoms with Crippen LogP contribution in [-0.2, 0) is 28.6 Å². The number of esters is 3. The SMILES string of the molecule is CCCN(C)CCC(=O)OCC(O)COC(=O)CCSCC(C)(C)C(=O)OC. The number of nitrogens with zero attached hydrogens (tertiary/aromatic N) is 1. The summed E-state index contributed by atoms with van der Waals surface area (Å²) in [6, 6.07) is 0. The summed E-state index contributed by atoms with van der Waals surface area (Å²) < 4.78 is 14.7. The lowest BCUT2D eigenvalue weighted by atomic mass is 9.97. The molecule has 1 N–H and O–H groups in total. The van der Waals surface area contributed by atoms with Crippen LogP contribution < -0.4 is 0 Å². The molecule has 0 heterocycles. The van der Waals surface area contributed by atoms with E-state index in [0.717, 1.165) is 13.0 Å². The van der Waals surface area contributed by atoms with E-state index in [9.17, 15) is 19.5 Å². The van der Waals surface area contributed by atoms with E-state index in [1.165, 1.54) is 18.9 Å². The van der Waals surface area contributed by atoms with Gasteiger partial charge >= 0.3 is 17.9 Å². The smallest absolute Gasteiger partial charge is 0.312 e. The topological polar surface area (TPSA) is 102 Å². The second-order valence-electron chi connectivity index (χ2n) is 7.25. The van der Waals surface area contributed by atoms with Gasteiger partial charge in [0.2, 0.25) is 0 Å². The number of carbonyl (C=O) groups excluding carboxylic acids is 3. The molecule has 1 atom stereocenters. The zero-order valence-electron chi connectivity index (χ0n) is 17.7. The minimum atomic E-state index is -1.05. The van der Waals surface area contributed by atoms with Gasteiger partial charge in [-0.25, -0.2) is 0 Å². The molecule has 164 valence electrons. The van der Waals surface area contributed by atoms with Crippen molar-refractivity contribution in [1.29, 1.82) is 0 Å². The van der Waals surface area contributed by atoms with Gasteiger partial charge in [-0.15, -0.1) is 0 Å². The van der Waals surface area contributed by atoms with E-state index in [2.05, 4.69) is 6.92 Å². The Bertz CT molecular complexity index is 485. The molecule has 0 amide bonds. The Morgan fingerprint density at radius 3 is 2.18 bits per heavy atom. The maximum Gasteiger partial charge on any atom is 0.312 e. The molecule has 0 fully saturated rings. The normalized spacial score (nSPS) is 12.5. The summed E-state index contributed by atoms with van der Waals surface area (Å²) in [4.78, 5) is 36.9. The summed E-state index contributed by atoms with van der Waals surface area (Å²) in [5.74, 6) is -0.112. The first-order valence-electron chi connectivity index (χ1n) is 9.46. The summed E-state index contributed by atoms with van der Waals surface area (Å²) in [6.07, 6.45) is 0.379. The van der Waals surface area contributed by atoms with Gasteiger partial charge in [0.15, 0.2) is 0 Å². The summed E-state index contributed by atoms with van der Waals surface area (Å²) in [5.41, 5.74) is -0.616. The number of hydrogen-bond acceptors (Lipinski definition) is 9. The summed E-state index contributed by atoms with van der Waals surface area (Å²) in [5, 5.41) is 9.75. The Morgan fingerprint density at radius 2 is 1.64 bits per heavy atom. The van der Waals surface area contributed by atoms with Crippen LogP contribution in [0.25, 0.3) is 0 Å². The molecule has 0 aromatic carbocycles. The average Bonchev–Trinajstić information content (AvgIpc) is 2.65. The Labute approximate surface area is 172 Å². The molecule has 9 heteroatoms. The third kappa shape index (κ3) is 13.0. The number of hydrogen-bond donors (Lipinski definition) is 1. The van der Waals surface area contributed by atoms with Crippen molar-refractivity contribution in [2.75, 3.05) is 52.0 Å². The lowest BCUT2D eigenvalue weighted by molar-refractivity contribution is -0.152. The molecular weight excluding hydrogens is 386 g/mol. The predicted octanol–water partition coefficient (Wildman–Crippen LogP) is 1.49. The van der Waals surface area contributed by atoms with E-state index in [-0.39, 0.29) is 32.0 Å². The molecule has 0 bridgehead atoms. The molecule has 28 heavy (non-hydrogen) atoms. The molecule has 0 aliphatic rings. The Hall–Kier alpha value is -1.32. The van der Waals surface area contributed by atoms with Gasteiger partial charge < -0.3 is 24.2 Å². The zero-order valence-corrected chi connectivity index (χ0v) is 18.5. The third-order valence-electron chi connectivity index (χ3n) is 3.83. The van der Waals surface area contributed by atoms with Crippen molar-refractivity contribution in [2.24, 2.45) is 5.41 Å². The fourth-order valence-electron chi connectivity index (χ4n) is 2.16. The van der Waals surface area contributed by atoms with Crippen molar-refractivity contribution >= 4 is 29.7 Å². The van der Waals surface area contributed by atoms with E-state index in [1.54, 1.807) is 13.8 Å². The highest BCUT2D eigenvalue weighted by Gasteiger charge is 2.28. The lowest BCUT2D eigenvalue weighted by Crippen LogP contribution is -2.28. The molecule has 0 aromatic heterocycles. The lowest BCUT2D eigenvalue weighted by Gasteiger charge is -2.20. The van der Waals surface area contributed by atoms with Crippen LogP contribution in [0, 0.1) is 5.41 Å². The van der Waals surface area contributed by atoms with Gasteiger partial charge in [-0.05, 0) is 33.9 Å². The minimum Gasteiger partial charge on any atom is -0.469 e. The van der Waals surface area contributed by atoms with E-state index < -0.39 is 23.5 Å². The van der Waals surface area contributed by atoms with Gasteiger partial charge in [0.25, 0.3) is 0 Å². The minimum absolute atomic E-state index is 0.165. The van der Waals surface area contributed by atoms with Crippen LogP contribution in [0.1, 0.15) is 40.0 Å². The van der Waals surface area contributed by atoms with Gasteiger partial charge in [-0.1, -0.05) is 6.92 Å². The summed E-state index contributed by atoms with van der Waals surface area (Å²) >= 11 is 1.45. The van der Waals surface area contributed by atoms with Crippen molar-refractivity contribution < 1.29 is 33.7 Å². The Morgan fingerprint density at radius 1 is 1.07 bits per heavy atom. The van der Waals surface area contributed by atoms with Gasteiger partial charge in [-0.2, -0.15) is 11.8 Å². The number of carbonyl (C=O) groups is 3. The van der Waals surface area contributed by atoms with E-state index in [1.807, 2.05) is 11.9 Å². The molecule has 8 nitrogen and oxygen atoms in total. The number of thioether (sulfide) groups is 1. The maximum atomic E-state index is 11.7. The van der Waals surface area contributed by atoms with Crippen molar-refractivity contribution in [3.8, 4) is 0 Å². The predicted molar refractivity (Wildman–Crippen MR) is 108 cm³/mol. The number of methoxy groups -OCH3 is 1. The first-order valence-corrected chi connectivity index (χ1v) is 10.6. The van der Waals surface area contributed by atoms with Gasteiger partial charge in [-0.3, -0.25) is 14.4 Å². The quantitative estimate of drug-likeness (QED) is 0.239. The summed E-state index contributed by atoms with van der Waals surface area (Å²) in [6.45, 7) is 6.71. The molecule has 0 spiro atoms. The fourth-order valence-corrected chi connectivity index (χ4v) is 3.25. The molecule has 1 unspecified atom stereocenters. The number of ether oxygens (including phenoxy) is 3. The van der Waals surface area contributed by atoms with E-state index >= 15 is 0 Å². The number of aliphatic hydroxyl groups excluding tert-OH is 1. The van der Waals surface area contributed by atoms with E-state index in [4.69, 9.17) is 14.2 Å². The van der Waals surface area contributed by atoms with Crippen LogP contribution in [0.15, 0.2) is 0 Å². The first-order chi connectivity index (χ1) is 13.1. The molecule has 0 saturated carbocycles. The van der Waals surface area contributed by atoms with Crippen LogP contribution >= 0.6 is 11.8 Å². The van der Waals surface area contributed by atoms with Crippen molar-refractivity contribution in [2.45, 2.75) is 46.1 Å². The highest BCUT2D eigenvalue weighted by atomic mass is 32.2. The zero-order chi connectivity index (χ0) is 21.6. The maximum absolute atomic E-state index is 11.7. The van der Waals surface area contributed by atoms with Crippen LogP contribution in [0.5, 0.6) is 0 Å². The molecule has 0 saturated heterocycles. The second kappa shape index (κ2) is 14.6. The number of rotatable bonds is 15. The van der Waals surface area contributed by atoms with Gasteiger partial charge in [0.1, 0.15) is 19.3 Å². The van der Waals surface area contributed by atoms with Gasteiger partial charge in [0.05, 0.1) is 25.4 Å². The first kappa shape index (κ1) is 26.7. The Balaban J connectivity index is 3.83. The molecule has 0 aromatic rings. The van der Waals surface area contributed by atoms with Crippen LogP contribution in [0.2, 0.25) is 0 Å². The van der Waals surface area contributed by atoms with Crippen LogP contribution in [0.4, 0.5) is 0 Å². The Kier molecular flexibility index (Phi) is 14.0. The van der Waals surface area contributed by atoms with Crippen molar-refractivity contribution in [3.05, 3.63) is 0 Å². The van der Waals surface area contributed by atoms with E-state index in [0.29, 0.717) is 18.1 Å². The highest BCUT2D eigenvalue weighted by Crippen LogP contribution is 2.23. The fraction of sp³-hybridized carbons (Fsp3) is 0.842. The molecule has 0 rings (SSSR count). The molecule has 0 aliphatic carbocycles. The standard InChI is InChI=1S/C19H35NO7S/c1-6-9-20(4)10-7-16(22)26-12-15(21)13-27-17(23)8-11-28-14-19(2,3)18(24)25-5/h15,21H,6-14H2,1-5H3. The van der Waals surface area contributed by atoms with Crippen LogP contribution in [0.3, 0.4) is 0 Å². The van der Waals surface area contributed by atoms with Crippen LogP contribution in [-0.4, -0.2) is 86.0 Å². The van der Waals surface area contributed by atoms with Crippen molar-refractivity contribution in [1.82, 2.24) is 4.90 Å². The average molecular weight is 422 g/mol. The third-order valence-corrected chi connectivity index (χ3v) is 5.25. The van der Waals surface area contributed by atoms with Gasteiger partial charge in [0, 0.05) is 18.1 Å². The van der Waals surface area contributed by atoms with Crippen molar-refractivity contribution in [3.63, 3.8) is 0 Å². The summed E-state index contributed by atoms with van der Waals surface area (Å²) in [7, 11) is 3.28. The number of aliphatic hydroxyl groups is 1. The second-order valence-corrected chi connectivity index (χ2v) is 8.36. The highest BCUT2D eigenvalue weighted by molar-refractivity contribution is 7.99. The molecular formula is C19H35NO7S. The molecule has 0 aliphatic heterocycles. The molecule has 0 radical (unpaired) electrons. The monoisotopic (exact) mass is 421 g/mol. The largest absolute Gasteiger partial charge is 0.469 e.